The van der Waals surface area contributed by atoms with E-state index in [1.165, 1.54) is 51.4 Å². The van der Waals surface area contributed by atoms with Crippen molar-refractivity contribution in [3.05, 3.63) is 11.7 Å². The van der Waals surface area contributed by atoms with Gasteiger partial charge in [-0.3, -0.25) is 0 Å². The standard InChI is InChI=1S/C26H40F3I/c27-23-16-21(13-15-24(23)30)18-9-6-17(7-10-18)8-11-20-12-14-22(26(29)25(20)28)19-4-2-1-3-5-19/h17-24H,1-16H2. The van der Waals surface area contributed by atoms with E-state index >= 15 is 0 Å². The lowest BCUT2D eigenvalue weighted by Gasteiger charge is -2.38. The van der Waals surface area contributed by atoms with Gasteiger partial charge in [-0.15, -0.1) is 0 Å². The molecule has 0 aromatic carbocycles. The van der Waals surface area contributed by atoms with E-state index in [9.17, 15) is 13.2 Å². The third-order valence-corrected chi connectivity index (χ3v) is 10.6. The molecule has 3 saturated carbocycles. The van der Waals surface area contributed by atoms with Gasteiger partial charge in [0.15, 0.2) is 0 Å². The monoisotopic (exact) mass is 536 g/mol. The molecule has 0 saturated heterocycles. The molecule has 30 heavy (non-hydrogen) atoms. The Morgan fingerprint density at radius 1 is 0.667 bits per heavy atom. The summed E-state index contributed by atoms with van der Waals surface area (Å²) < 4.78 is 44.0. The Morgan fingerprint density at radius 3 is 2.07 bits per heavy atom. The zero-order chi connectivity index (χ0) is 21.1. The summed E-state index contributed by atoms with van der Waals surface area (Å²) in [6.45, 7) is 0. The summed E-state index contributed by atoms with van der Waals surface area (Å²) in [5.74, 6) is 1.24. The molecule has 0 heterocycles. The molecule has 0 spiro atoms. The van der Waals surface area contributed by atoms with Crippen LogP contribution in [0.4, 0.5) is 13.2 Å². The van der Waals surface area contributed by atoms with Crippen LogP contribution >= 0.6 is 22.6 Å². The molecule has 4 aliphatic rings. The van der Waals surface area contributed by atoms with Crippen LogP contribution in [0, 0.1) is 35.5 Å². The third-order valence-electron chi connectivity index (χ3n) is 9.17. The van der Waals surface area contributed by atoms with Crippen LogP contribution in [0.1, 0.15) is 103 Å². The van der Waals surface area contributed by atoms with Gasteiger partial charge in [-0.2, -0.15) is 0 Å². The molecule has 4 aliphatic carbocycles. The summed E-state index contributed by atoms with van der Waals surface area (Å²) in [6.07, 6.45) is 16.6. The Hall–Kier alpha value is 0.260. The Kier molecular flexibility index (Phi) is 8.52. The van der Waals surface area contributed by atoms with Crippen molar-refractivity contribution in [2.45, 2.75) is 113 Å². The van der Waals surface area contributed by atoms with Gasteiger partial charge in [-0.1, -0.05) is 54.7 Å². The lowest BCUT2D eigenvalue weighted by Crippen LogP contribution is -2.32. The van der Waals surface area contributed by atoms with E-state index in [1.54, 1.807) is 0 Å². The van der Waals surface area contributed by atoms with Crippen molar-refractivity contribution in [2.24, 2.45) is 35.5 Å². The molecule has 5 unspecified atom stereocenters. The predicted octanol–water partition coefficient (Wildman–Crippen LogP) is 9.27. The van der Waals surface area contributed by atoms with Gasteiger partial charge in [-0.05, 0) is 94.3 Å². The smallest absolute Gasteiger partial charge is 0.135 e. The molecular weight excluding hydrogens is 496 g/mol. The van der Waals surface area contributed by atoms with Gasteiger partial charge in [0.1, 0.15) is 17.8 Å². The molecule has 0 aromatic rings. The summed E-state index contributed by atoms with van der Waals surface area (Å²) in [7, 11) is 0. The molecule has 0 bridgehead atoms. The first-order valence-electron chi connectivity index (χ1n) is 12.9. The van der Waals surface area contributed by atoms with Crippen LogP contribution in [0.2, 0.25) is 0 Å². The van der Waals surface area contributed by atoms with Crippen LogP contribution in [-0.4, -0.2) is 10.1 Å². The van der Waals surface area contributed by atoms with Gasteiger partial charge in [0.05, 0.1) is 0 Å². The SMILES string of the molecule is FC1=C(F)C(C2CCCCC2)CCC1CCC1CCC(C2CCC(I)C(F)C2)CC1. The van der Waals surface area contributed by atoms with Gasteiger partial charge >= 0.3 is 0 Å². The molecule has 4 rings (SSSR count). The van der Waals surface area contributed by atoms with Crippen molar-refractivity contribution in [3.63, 3.8) is 0 Å². The second-order valence-electron chi connectivity index (χ2n) is 10.9. The van der Waals surface area contributed by atoms with Crippen molar-refractivity contribution in [1.29, 1.82) is 0 Å². The average Bonchev–Trinajstić information content (AvgIpc) is 2.78. The molecule has 0 aromatic heterocycles. The first-order chi connectivity index (χ1) is 14.5. The number of hydrogen-bond donors (Lipinski definition) is 0. The molecule has 3 fully saturated rings. The third kappa shape index (κ3) is 5.60. The lowest BCUT2D eigenvalue weighted by molar-refractivity contribution is 0.120. The van der Waals surface area contributed by atoms with E-state index < -0.39 is 12.0 Å². The van der Waals surface area contributed by atoms with Crippen molar-refractivity contribution in [1.82, 2.24) is 0 Å². The minimum Gasteiger partial charge on any atom is -0.246 e. The number of hydrogen-bond acceptors (Lipinski definition) is 0. The van der Waals surface area contributed by atoms with E-state index in [4.69, 9.17) is 0 Å². The minimum absolute atomic E-state index is 0.131. The Bertz CT molecular complexity index is 577. The van der Waals surface area contributed by atoms with Gasteiger partial charge in [0.25, 0.3) is 0 Å². The first-order valence-corrected chi connectivity index (χ1v) is 14.1. The fourth-order valence-electron chi connectivity index (χ4n) is 7.18. The maximum atomic E-state index is 14.8. The van der Waals surface area contributed by atoms with Gasteiger partial charge < -0.3 is 0 Å². The van der Waals surface area contributed by atoms with E-state index in [1.807, 2.05) is 0 Å². The number of alkyl halides is 2. The van der Waals surface area contributed by atoms with Crippen molar-refractivity contribution < 1.29 is 13.2 Å². The molecule has 0 nitrogen and oxygen atoms in total. The van der Waals surface area contributed by atoms with Crippen molar-refractivity contribution >= 4 is 22.6 Å². The van der Waals surface area contributed by atoms with Gasteiger partial charge in [0.2, 0.25) is 0 Å². The second-order valence-corrected chi connectivity index (χ2v) is 12.5. The quantitative estimate of drug-likeness (QED) is 0.243. The largest absolute Gasteiger partial charge is 0.246 e. The highest BCUT2D eigenvalue weighted by molar-refractivity contribution is 14.1. The first kappa shape index (κ1) is 23.4. The molecule has 4 heteroatoms. The van der Waals surface area contributed by atoms with Crippen LogP contribution in [0.25, 0.3) is 0 Å². The van der Waals surface area contributed by atoms with Crippen LogP contribution in [0.3, 0.4) is 0 Å². The predicted molar refractivity (Wildman–Crippen MR) is 127 cm³/mol. The van der Waals surface area contributed by atoms with Crippen molar-refractivity contribution in [3.8, 4) is 0 Å². The number of rotatable bonds is 5. The Labute approximate surface area is 195 Å². The maximum Gasteiger partial charge on any atom is 0.135 e. The Balaban J connectivity index is 1.21. The summed E-state index contributed by atoms with van der Waals surface area (Å²) in [5.41, 5.74) is 0. The van der Waals surface area contributed by atoms with Crippen LogP contribution < -0.4 is 0 Å². The van der Waals surface area contributed by atoms with Crippen molar-refractivity contribution in [2.75, 3.05) is 0 Å². The molecule has 0 N–H and O–H groups in total. The van der Waals surface area contributed by atoms with Gasteiger partial charge in [0, 0.05) is 15.8 Å². The van der Waals surface area contributed by atoms with Crippen LogP contribution in [0.15, 0.2) is 11.7 Å². The maximum absolute atomic E-state index is 14.8. The summed E-state index contributed by atoms with van der Waals surface area (Å²) in [5, 5.41) is 0. The van der Waals surface area contributed by atoms with E-state index in [0.717, 1.165) is 51.4 Å². The fourth-order valence-corrected chi connectivity index (χ4v) is 7.83. The summed E-state index contributed by atoms with van der Waals surface area (Å²) >= 11 is 2.28. The Morgan fingerprint density at radius 2 is 1.37 bits per heavy atom. The molecule has 0 aliphatic heterocycles. The zero-order valence-electron chi connectivity index (χ0n) is 18.4. The van der Waals surface area contributed by atoms with Crippen LogP contribution in [0.5, 0.6) is 0 Å². The highest BCUT2D eigenvalue weighted by Crippen LogP contribution is 2.47. The highest BCUT2D eigenvalue weighted by Gasteiger charge is 2.37. The summed E-state index contributed by atoms with van der Waals surface area (Å²) in [4.78, 5) is 0. The lowest BCUT2D eigenvalue weighted by atomic mass is 9.69. The normalized spacial score (nSPS) is 41.8. The average molecular weight is 537 g/mol. The van der Waals surface area contributed by atoms with Gasteiger partial charge in [-0.25, -0.2) is 13.2 Å². The molecular formula is C26H40F3I. The van der Waals surface area contributed by atoms with Crippen LogP contribution in [-0.2, 0) is 0 Å². The van der Waals surface area contributed by atoms with E-state index in [-0.39, 0.29) is 21.6 Å². The second kappa shape index (κ2) is 10.9. The molecule has 0 radical (unpaired) electrons. The zero-order valence-corrected chi connectivity index (χ0v) is 20.6. The highest BCUT2D eigenvalue weighted by atomic mass is 127. The van der Waals surface area contributed by atoms with E-state index in [2.05, 4.69) is 22.6 Å². The fraction of sp³-hybridized carbons (Fsp3) is 0.923. The number of allylic oxidation sites excluding steroid dienone is 2. The minimum atomic E-state index is -0.615. The summed E-state index contributed by atoms with van der Waals surface area (Å²) in [6, 6.07) is 0. The topological polar surface area (TPSA) is 0 Å². The number of halogens is 4. The molecule has 172 valence electrons. The molecule has 0 amide bonds. The van der Waals surface area contributed by atoms with E-state index in [0.29, 0.717) is 23.7 Å². The molecule has 5 atom stereocenters.